The van der Waals surface area contributed by atoms with Gasteiger partial charge < -0.3 is 4.57 Å². The van der Waals surface area contributed by atoms with Crippen molar-refractivity contribution in [3.63, 3.8) is 0 Å². The van der Waals surface area contributed by atoms with Crippen LogP contribution < -0.4 is 0 Å². The molecule has 37 heavy (non-hydrogen) atoms. The van der Waals surface area contributed by atoms with Gasteiger partial charge in [-0.15, -0.1) is 11.3 Å². The standard InChI is InChI=1S/C29H29FN4OS2/c1-17-14-21(19(3)33(17)28-25(16-31)18(2)20(4)36-28)15-26-27(35)34(24-8-6-5-7-9-24)29(37-26)32-23-12-10-22(30)11-13-23/h10-15,24H,5-9H2,1-4H3. The second-order valence-electron chi connectivity index (χ2n) is 9.69. The SMILES string of the molecule is Cc1sc(-n2c(C)cc(C=C3SC(=Nc4ccc(F)cc4)N(C4CCCCC4)C3=O)c2C)c(C#N)c1C. The second-order valence-corrected chi connectivity index (χ2v) is 11.9. The Morgan fingerprint density at radius 1 is 1.11 bits per heavy atom. The molecule has 3 heterocycles. The van der Waals surface area contributed by atoms with Gasteiger partial charge in [-0.25, -0.2) is 9.38 Å². The second kappa shape index (κ2) is 10.3. The third-order valence-electron chi connectivity index (χ3n) is 7.27. The van der Waals surface area contributed by atoms with Crippen LogP contribution in [0.5, 0.6) is 0 Å². The van der Waals surface area contributed by atoms with Gasteiger partial charge in [0.05, 0.1) is 16.2 Å². The molecule has 5 rings (SSSR count). The first-order valence-electron chi connectivity index (χ1n) is 12.5. The summed E-state index contributed by atoms with van der Waals surface area (Å²) in [4.78, 5) is 22.1. The Balaban J connectivity index is 1.55. The summed E-state index contributed by atoms with van der Waals surface area (Å²) < 4.78 is 15.6. The average molecular weight is 533 g/mol. The highest BCUT2D eigenvalue weighted by Gasteiger charge is 2.39. The van der Waals surface area contributed by atoms with Crippen molar-refractivity contribution in [1.82, 2.24) is 9.47 Å². The number of rotatable bonds is 4. The van der Waals surface area contributed by atoms with Gasteiger partial charge in [0.2, 0.25) is 0 Å². The molecule has 1 amide bonds. The largest absolute Gasteiger partial charge is 0.308 e. The van der Waals surface area contributed by atoms with Crippen molar-refractivity contribution in [2.24, 2.45) is 4.99 Å². The number of aryl methyl sites for hydroxylation is 2. The number of hydrogen-bond donors (Lipinski definition) is 0. The lowest BCUT2D eigenvalue weighted by molar-refractivity contribution is -0.124. The van der Waals surface area contributed by atoms with Gasteiger partial charge in [-0.3, -0.25) is 9.69 Å². The van der Waals surface area contributed by atoms with Crippen molar-refractivity contribution in [2.45, 2.75) is 65.8 Å². The number of aromatic nitrogens is 1. The molecule has 0 unspecified atom stereocenters. The number of nitrogens with zero attached hydrogens (tertiary/aromatic N) is 4. The number of carbonyl (C=O) groups is 1. The van der Waals surface area contributed by atoms with E-state index < -0.39 is 0 Å². The van der Waals surface area contributed by atoms with E-state index in [2.05, 4.69) is 16.7 Å². The highest BCUT2D eigenvalue weighted by Crippen LogP contribution is 2.40. The molecule has 0 atom stereocenters. The normalized spacial score (nSPS) is 18.8. The molecule has 1 saturated carbocycles. The van der Waals surface area contributed by atoms with E-state index in [9.17, 15) is 14.4 Å². The molecule has 1 aliphatic carbocycles. The Kier molecular flexibility index (Phi) is 7.11. The molecule has 0 spiro atoms. The Morgan fingerprint density at radius 2 is 1.81 bits per heavy atom. The lowest BCUT2D eigenvalue weighted by Gasteiger charge is -2.30. The van der Waals surface area contributed by atoms with Crippen LogP contribution in [-0.2, 0) is 4.79 Å². The monoisotopic (exact) mass is 532 g/mol. The fraction of sp³-hybridized carbons (Fsp3) is 0.345. The lowest BCUT2D eigenvalue weighted by atomic mass is 9.94. The maximum atomic E-state index is 13.7. The summed E-state index contributed by atoms with van der Waals surface area (Å²) in [7, 11) is 0. The Hall–Kier alpha value is -3.15. The molecule has 1 saturated heterocycles. The number of thiophene rings is 1. The topological polar surface area (TPSA) is 61.4 Å². The van der Waals surface area contributed by atoms with E-state index in [0.717, 1.165) is 58.1 Å². The van der Waals surface area contributed by atoms with Crippen molar-refractivity contribution in [3.05, 3.63) is 74.0 Å². The fourth-order valence-corrected chi connectivity index (χ4v) is 7.41. The zero-order valence-corrected chi connectivity index (χ0v) is 23.1. The van der Waals surface area contributed by atoms with Crippen LogP contribution in [0.4, 0.5) is 10.1 Å². The van der Waals surface area contributed by atoms with Crippen LogP contribution in [0.1, 0.15) is 65.1 Å². The van der Waals surface area contributed by atoms with Crippen LogP contribution in [0, 0.1) is 44.8 Å². The van der Waals surface area contributed by atoms with Crippen LogP contribution in [0.25, 0.3) is 11.1 Å². The van der Waals surface area contributed by atoms with Crippen molar-refractivity contribution in [1.29, 1.82) is 5.26 Å². The third kappa shape index (κ3) is 4.78. The fourth-order valence-electron chi connectivity index (χ4n) is 5.14. The number of nitriles is 1. The summed E-state index contributed by atoms with van der Waals surface area (Å²) >= 11 is 3.00. The molecule has 5 nitrogen and oxygen atoms in total. The first-order valence-corrected chi connectivity index (χ1v) is 14.2. The molecule has 0 bridgehead atoms. The maximum Gasteiger partial charge on any atom is 0.267 e. The van der Waals surface area contributed by atoms with Gasteiger partial charge in [-0.05, 0) is 99.8 Å². The summed E-state index contributed by atoms with van der Waals surface area (Å²) in [5, 5.41) is 11.4. The summed E-state index contributed by atoms with van der Waals surface area (Å²) in [6.07, 6.45) is 7.27. The van der Waals surface area contributed by atoms with Gasteiger partial charge in [0.15, 0.2) is 5.17 Å². The maximum absolute atomic E-state index is 13.7. The van der Waals surface area contributed by atoms with Crippen molar-refractivity contribution >= 4 is 45.9 Å². The number of amidine groups is 1. The molecule has 2 aliphatic rings. The summed E-state index contributed by atoms with van der Waals surface area (Å²) in [5.74, 6) is -0.335. The van der Waals surface area contributed by atoms with Gasteiger partial charge in [-0.2, -0.15) is 5.26 Å². The third-order valence-corrected chi connectivity index (χ3v) is 9.44. The molecule has 1 aromatic carbocycles. The smallest absolute Gasteiger partial charge is 0.267 e. The molecule has 2 aromatic heterocycles. The van der Waals surface area contributed by atoms with Gasteiger partial charge in [0.25, 0.3) is 5.91 Å². The minimum Gasteiger partial charge on any atom is -0.308 e. The van der Waals surface area contributed by atoms with Crippen LogP contribution in [0.2, 0.25) is 0 Å². The number of benzene rings is 1. The highest BCUT2D eigenvalue weighted by molar-refractivity contribution is 8.18. The number of hydrogen-bond acceptors (Lipinski definition) is 5. The van der Waals surface area contributed by atoms with Crippen molar-refractivity contribution < 1.29 is 9.18 Å². The van der Waals surface area contributed by atoms with Gasteiger partial charge in [-0.1, -0.05) is 19.3 Å². The van der Waals surface area contributed by atoms with Crippen LogP contribution >= 0.6 is 23.1 Å². The van der Waals surface area contributed by atoms with Crippen LogP contribution in [-0.4, -0.2) is 26.6 Å². The minimum atomic E-state index is -0.310. The molecule has 2 fully saturated rings. The van der Waals surface area contributed by atoms with Crippen LogP contribution in [0.3, 0.4) is 0 Å². The zero-order valence-electron chi connectivity index (χ0n) is 21.5. The van der Waals surface area contributed by atoms with Crippen molar-refractivity contribution in [3.8, 4) is 11.1 Å². The number of halogens is 1. The Bertz CT molecular complexity index is 1470. The number of carbonyl (C=O) groups excluding carboxylic acids is 1. The minimum absolute atomic E-state index is 0.0249. The molecule has 8 heteroatoms. The van der Waals surface area contributed by atoms with E-state index in [0.29, 0.717) is 21.3 Å². The highest BCUT2D eigenvalue weighted by atomic mass is 32.2. The first kappa shape index (κ1) is 25.5. The predicted octanol–water partition coefficient (Wildman–Crippen LogP) is 7.72. The number of amides is 1. The summed E-state index contributed by atoms with van der Waals surface area (Å²) in [6, 6.07) is 10.6. The van der Waals surface area contributed by atoms with E-state index in [1.165, 1.54) is 30.3 Å². The Morgan fingerprint density at radius 3 is 2.49 bits per heavy atom. The quantitative estimate of drug-likeness (QED) is 0.323. The average Bonchev–Trinajstić information content (AvgIpc) is 3.45. The van der Waals surface area contributed by atoms with E-state index in [1.54, 1.807) is 23.5 Å². The van der Waals surface area contributed by atoms with Crippen LogP contribution in [0.15, 0.2) is 40.2 Å². The first-order chi connectivity index (χ1) is 17.8. The Labute approximate surface area is 225 Å². The molecule has 0 radical (unpaired) electrons. The van der Waals surface area contributed by atoms with E-state index in [4.69, 9.17) is 4.99 Å². The van der Waals surface area contributed by atoms with Gasteiger partial charge >= 0.3 is 0 Å². The van der Waals surface area contributed by atoms with Crippen molar-refractivity contribution in [2.75, 3.05) is 0 Å². The summed E-state index contributed by atoms with van der Waals surface area (Å²) in [6.45, 7) is 8.08. The summed E-state index contributed by atoms with van der Waals surface area (Å²) in [5.41, 5.74) is 5.30. The predicted molar refractivity (Wildman–Crippen MR) is 150 cm³/mol. The lowest BCUT2D eigenvalue weighted by Crippen LogP contribution is -2.40. The molecule has 190 valence electrons. The molecular formula is C29H29FN4OS2. The zero-order chi connectivity index (χ0) is 26.3. The molecule has 0 N–H and O–H groups in total. The molecular weight excluding hydrogens is 503 g/mol. The molecule has 3 aromatic rings. The van der Waals surface area contributed by atoms with Gasteiger partial charge in [0, 0.05) is 22.3 Å². The number of thioether (sulfide) groups is 1. The van der Waals surface area contributed by atoms with Gasteiger partial charge in [0.1, 0.15) is 16.9 Å². The van der Waals surface area contributed by atoms with E-state index >= 15 is 0 Å². The molecule has 1 aliphatic heterocycles. The van der Waals surface area contributed by atoms with E-state index in [-0.39, 0.29) is 17.8 Å². The number of aliphatic imine (C=N–C) groups is 1. The van der Waals surface area contributed by atoms with E-state index in [1.807, 2.05) is 38.7 Å².